The molecule has 0 aromatic heterocycles. The third-order valence-electron chi connectivity index (χ3n) is 2.68. The molecule has 2 N–H and O–H groups in total. The van der Waals surface area contributed by atoms with Gasteiger partial charge in [0.2, 0.25) is 0 Å². The molecule has 1 fully saturated rings. The molecule has 13 heavy (non-hydrogen) atoms. The van der Waals surface area contributed by atoms with Crippen molar-refractivity contribution in [2.24, 2.45) is 11.7 Å². The number of rotatable bonds is 4. The van der Waals surface area contributed by atoms with E-state index < -0.39 is 0 Å². The molecular formula is C12H17N. The zero-order valence-electron chi connectivity index (χ0n) is 8.00. The van der Waals surface area contributed by atoms with Crippen LogP contribution in [0.5, 0.6) is 0 Å². The van der Waals surface area contributed by atoms with Gasteiger partial charge in [-0.3, -0.25) is 0 Å². The van der Waals surface area contributed by atoms with Gasteiger partial charge in [-0.15, -0.1) is 0 Å². The summed E-state index contributed by atoms with van der Waals surface area (Å²) in [6, 6.07) is 8.93. The first-order valence-electron chi connectivity index (χ1n) is 5.16. The first kappa shape index (κ1) is 8.76. The normalized spacial score (nSPS) is 16.1. The van der Waals surface area contributed by atoms with Crippen molar-refractivity contribution in [1.82, 2.24) is 0 Å². The van der Waals surface area contributed by atoms with Crippen LogP contribution in [0.25, 0.3) is 0 Å². The van der Waals surface area contributed by atoms with Gasteiger partial charge in [0.15, 0.2) is 0 Å². The highest BCUT2D eigenvalue weighted by atomic mass is 14.5. The number of nitrogens with two attached hydrogens (primary N) is 1. The van der Waals surface area contributed by atoms with Crippen molar-refractivity contribution in [3.63, 3.8) is 0 Å². The van der Waals surface area contributed by atoms with E-state index in [2.05, 4.69) is 24.3 Å². The molecule has 0 amide bonds. The van der Waals surface area contributed by atoms with Crippen LogP contribution >= 0.6 is 0 Å². The summed E-state index contributed by atoms with van der Waals surface area (Å²) in [4.78, 5) is 0. The Labute approximate surface area is 80.0 Å². The molecule has 1 aromatic rings. The van der Waals surface area contributed by atoms with E-state index in [4.69, 9.17) is 5.73 Å². The van der Waals surface area contributed by atoms with E-state index in [0.29, 0.717) is 0 Å². The van der Waals surface area contributed by atoms with Gasteiger partial charge in [-0.05, 0) is 49.3 Å². The Morgan fingerprint density at radius 3 is 2.23 bits per heavy atom. The molecule has 0 heterocycles. The quantitative estimate of drug-likeness (QED) is 0.745. The van der Waals surface area contributed by atoms with Crippen LogP contribution in [0.15, 0.2) is 24.3 Å². The van der Waals surface area contributed by atoms with Gasteiger partial charge in [0, 0.05) is 0 Å². The van der Waals surface area contributed by atoms with Crippen molar-refractivity contribution in [1.29, 1.82) is 0 Å². The zero-order valence-corrected chi connectivity index (χ0v) is 8.00. The van der Waals surface area contributed by atoms with Gasteiger partial charge < -0.3 is 5.73 Å². The highest BCUT2D eigenvalue weighted by Crippen LogP contribution is 2.32. The van der Waals surface area contributed by atoms with Crippen LogP contribution in [0.2, 0.25) is 0 Å². The molecule has 1 aromatic carbocycles. The highest BCUT2D eigenvalue weighted by Gasteiger charge is 2.20. The van der Waals surface area contributed by atoms with Crippen LogP contribution in [-0.4, -0.2) is 6.54 Å². The molecule has 0 unspecified atom stereocenters. The topological polar surface area (TPSA) is 26.0 Å². The fourth-order valence-corrected chi connectivity index (χ4v) is 1.66. The maximum atomic E-state index is 5.49. The van der Waals surface area contributed by atoms with Gasteiger partial charge in [0.1, 0.15) is 0 Å². The second-order valence-electron chi connectivity index (χ2n) is 4.00. The first-order chi connectivity index (χ1) is 6.38. The molecule has 0 spiro atoms. The smallest absolute Gasteiger partial charge is 0.00367 e. The van der Waals surface area contributed by atoms with Crippen LogP contribution < -0.4 is 5.73 Å². The Bertz CT molecular complexity index is 259. The molecule has 1 aliphatic carbocycles. The Hall–Kier alpha value is -0.820. The minimum Gasteiger partial charge on any atom is -0.330 e. The van der Waals surface area contributed by atoms with Crippen LogP contribution in [0.3, 0.4) is 0 Å². The van der Waals surface area contributed by atoms with Gasteiger partial charge in [0.05, 0.1) is 0 Å². The minimum absolute atomic E-state index is 0.752. The average Bonchev–Trinajstić information content (AvgIpc) is 2.93. The van der Waals surface area contributed by atoms with Gasteiger partial charge in [0.25, 0.3) is 0 Å². The third-order valence-corrected chi connectivity index (χ3v) is 2.68. The Kier molecular flexibility index (Phi) is 2.65. The molecule has 1 saturated carbocycles. The monoisotopic (exact) mass is 175 g/mol. The highest BCUT2D eigenvalue weighted by molar-refractivity contribution is 5.23. The molecule has 0 saturated heterocycles. The standard InChI is InChI=1S/C12H17N/c13-8-7-10-1-3-11(4-2-10)9-12-5-6-12/h1-4,12H,5-9,13H2. The lowest BCUT2D eigenvalue weighted by atomic mass is 10.1. The second-order valence-corrected chi connectivity index (χ2v) is 4.00. The van der Waals surface area contributed by atoms with Crippen LogP contribution in [0, 0.1) is 5.92 Å². The van der Waals surface area contributed by atoms with Crippen molar-refractivity contribution in [3.8, 4) is 0 Å². The molecule has 1 nitrogen and oxygen atoms in total. The Balaban J connectivity index is 1.95. The summed E-state index contributed by atoms with van der Waals surface area (Å²) in [5.41, 5.74) is 8.34. The van der Waals surface area contributed by atoms with E-state index in [0.717, 1.165) is 18.9 Å². The van der Waals surface area contributed by atoms with Crippen molar-refractivity contribution < 1.29 is 0 Å². The van der Waals surface area contributed by atoms with Crippen LogP contribution in [0.4, 0.5) is 0 Å². The summed E-state index contributed by atoms with van der Waals surface area (Å²) in [6.45, 7) is 0.752. The maximum Gasteiger partial charge on any atom is -0.00367 e. The molecule has 0 aliphatic heterocycles. The van der Waals surface area contributed by atoms with Gasteiger partial charge in [-0.25, -0.2) is 0 Å². The number of hydrogen-bond acceptors (Lipinski definition) is 1. The third kappa shape index (κ3) is 2.56. The minimum atomic E-state index is 0.752. The van der Waals surface area contributed by atoms with Crippen molar-refractivity contribution >= 4 is 0 Å². The van der Waals surface area contributed by atoms with Crippen LogP contribution in [-0.2, 0) is 12.8 Å². The van der Waals surface area contributed by atoms with Gasteiger partial charge in [-0.2, -0.15) is 0 Å². The number of hydrogen-bond donors (Lipinski definition) is 1. The lowest BCUT2D eigenvalue weighted by Crippen LogP contribution is -2.02. The summed E-state index contributed by atoms with van der Waals surface area (Å²) >= 11 is 0. The van der Waals surface area contributed by atoms with E-state index in [1.54, 1.807) is 0 Å². The lowest BCUT2D eigenvalue weighted by molar-refractivity contribution is 0.831. The zero-order chi connectivity index (χ0) is 9.10. The van der Waals surface area contributed by atoms with E-state index in [-0.39, 0.29) is 0 Å². The largest absolute Gasteiger partial charge is 0.330 e. The van der Waals surface area contributed by atoms with Crippen molar-refractivity contribution in [2.75, 3.05) is 6.54 Å². The van der Waals surface area contributed by atoms with Gasteiger partial charge in [-0.1, -0.05) is 24.3 Å². The maximum absolute atomic E-state index is 5.49. The molecule has 1 heteroatoms. The van der Waals surface area contributed by atoms with Crippen molar-refractivity contribution in [3.05, 3.63) is 35.4 Å². The SMILES string of the molecule is NCCc1ccc(CC2CC2)cc1. The fourth-order valence-electron chi connectivity index (χ4n) is 1.66. The first-order valence-corrected chi connectivity index (χ1v) is 5.16. The summed E-state index contributed by atoms with van der Waals surface area (Å²) in [6.07, 6.45) is 5.15. The lowest BCUT2D eigenvalue weighted by Gasteiger charge is -2.01. The number of benzene rings is 1. The van der Waals surface area contributed by atoms with Crippen LogP contribution in [0.1, 0.15) is 24.0 Å². The molecule has 0 atom stereocenters. The molecule has 70 valence electrons. The Morgan fingerprint density at radius 1 is 1.08 bits per heavy atom. The molecule has 0 bridgehead atoms. The van der Waals surface area contributed by atoms with Crippen molar-refractivity contribution in [2.45, 2.75) is 25.7 Å². The predicted molar refractivity (Wildman–Crippen MR) is 55.6 cm³/mol. The van der Waals surface area contributed by atoms with E-state index in [9.17, 15) is 0 Å². The van der Waals surface area contributed by atoms with E-state index in [1.165, 1.54) is 30.4 Å². The van der Waals surface area contributed by atoms with E-state index >= 15 is 0 Å². The Morgan fingerprint density at radius 2 is 1.69 bits per heavy atom. The fraction of sp³-hybridized carbons (Fsp3) is 0.500. The predicted octanol–water partition coefficient (Wildman–Crippen LogP) is 2.14. The summed E-state index contributed by atoms with van der Waals surface area (Å²) in [5, 5.41) is 0. The molecule has 1 aliphatic rings. The molecular weight excluding hydrogens is 158 g/mol. The molecule has 0 radical (unpaired) electrons. The average molecular weight is 175 g/mol. The second kappa shape index (κ2) is 3.93. The summed E-state index contributed by atoms with van der Waals surface area (Å²) in [7, 11) is 0. The summed E-state index contributed by atoms with van der Waals surface area (Å²) < 4.78 is 0. The summed E-state index contributed by atoms with van der Waals surface area (Å²) in [5.74, 6) is 0.986. The molecule has 2 rings (SSSR count). The van der Waals surface area contributed by atoms with Gasteiger partial charge >= 0.3 is 0 Å². The van der Waals surface area contributed by atoms with E-state index in [1.807, 2.05) is 0 Å².